The molecule has 2 N–H and O–H groups in total. The predicted octanol–water partition coefficient (Wildman–Crippen LogP) is 3.97. The number of fused-ring (bicyclic) bond motifs is 1. The zero-order valence-corrected chi connectivity index (χ0v) is 17.6. The van der Waals surface area contributed by atoms with Gasteiger partial charge >= 0.3 is 0 Å². The quantitative estimate of drug-likeness (QED) is 0.528. The number of carbonyl (C=O) groups excluding carboxylic acids is 1. The number of aromatic amines is 1. The van der Waals surface area contributed by atoms with Gasteiger partial charge in [0.15, 0.2) is 11.5 Å². The van der Waals surface area contributed by atoms with Gasteiger partial charge in [0, 0.05) is 24.0 Å². The molecule has 3 aromatic rings. The van der Waals surface area contributed by atoms with Gasteiger partial charge in [0.05, 0.1) is 7.11 Å². The summed E-state index contributed by atoms with van der Waals surface area (Å²) in [6.45, 7) is 7.95. The van der Waals surface area contributed by atoms with E-state index in [1.807, 2.05) is 18.2 Å². The average molecular weight is 413 g/mol. The van der Waals surface area contributed by atoms with E-state index in [0.717, 1.165) is 25.2 Å². The molecule has 0 radical (unpaired) electrons. The lowest BCUT2D eigenvalue weighted by molar-refractivity contribution is 0.0946. The lowest BCUT2D eigenvalue weighted by Gasteiger charge is -2.19. The molecule has 0 atom stereocenters. The monoisotopic (exact) mass is 413 g/mol. The Balaban J connectivity index is 1.60. The highest BCUT2D eigenvalue weighted by molar-refractivity contribution is 5.98. The molecule has 160 valence electrons. The second-order valence-corrected chi connectivity index (χ2v) is 6.93. The van der Waals surface area contributed by atoms with Crippen LogP contribution in [0.4, 0.5) is 4.39 Å². The Morgan fingerprint density at radius 1 is 1.13 bits per heavy atom. The second kappa shape index (κ2) is 10.1. The van der Waals surface area contributed by atoms with Crippen molar-refractivity contribution in [3.63, 3.8) is 0 Å². The number of ether oxygens (including phenoxy) is 2. The SMILES string of the molecule is CCN(CC)CCOc1ccc(CNC(=O)c2cc3c(F)cccc3[nH]2)cc1OC. The zero-order valence-electron chi connectivity index (χ0n) is 17.6. The molecule has 0 aliphatic carbocycles. The Bertz CT molecular complexity index is 999. The minimum absolute atomic E-state index is 0.302. The van der Waals surface area contributed by atoms with Crippen molar-refractivity contribution in [3.05, 3.63) is 59.5 Å². The van der Waals surface area contributed by atoms with Gasteiger partial charge in [-0.25, -0.2) is 4.39 Å². The van der Waals surface area contributed by atoms with Crippen molar-refractivity contribution in [2.75, 3.05) is 33.4 Å². The van der Waals surface area contributed by atoms with Crippen LogP contribution in [0.25, 0.3) is 10.9 Å². The lowest BCUT2D eigenvalue weighted by Crippen LogP contribution is -2.28. The van der Waals surface area contributed by atoms with E-state index in [9.17, 15) is 9.18 Å². The number of hydrogen-bond acceptors (Lipinski definition) is 4. The highest BCUT2D eigenvalue weighted by Crippen LogP contribution is 2.28. The molecule has 0 saturated heterocycles. The van der Waals surface area contributed by atoms with Crippen LogP contribution in [-0.2, 0) is 6.54 Å². The van der Waals surface area contributed by atoms with E-state index in [1.165, 1.54) is 12.1 Å². The Hall–Kier alpha value is -3.06. The van der Waals surface area contributed by atoms with Gasteiger partial charge in [-0.3, -0.25) is 4.79 Å². The fraction of sp³-hybridized carbons (Fsp3) is 0.348. The molecule has 0 saturated carbocycles. The van der Waals surface area contributed by atoms with Gasteiger partial charge in [-0.2, -0.15) is 0 Å². The van der Waals surface area contributed by atoms with E-state index in [4.69, 9.17) is 9.47 Å². The predicted molar refractivity (Wildman–Crippen MR) is 116 cm³/mol. The zero-order chi connectivity index (χ0) is 21.5. The fourth-order valence-corrected chi connectivity index (χ4v) is 3.28. The maximum absolute atomic E-state index is 13.8. The molecule has 3 rings (SSSR count). The van der Waals surface area contributed by atoms with Gasteiger partial charge in [0.1, 0.15) is 18.1 Å². The molecule has 6 nitrogen and oxygen atoms in total. The number of nitrogens with one attached hydrogen (secondary N) is 2. The number of likely N-dealkylation sites (N-methyl/N-ethyl adjacent to an activating group) is 1. The van der Waals surface area contributed by atoms with Crippen molar-refractivity contribution >= 4 is 16.8 Å². The van der Waals surface area contributed by atoms with E-state index in [2.05, 4.69) is 29.0 Å². The molecule has 0 fully saturated rings. The number of H-pyrrole nitrogens is 1. The molecule has 0 spiro atoms. The summed E-state index contributed by atoms with van der Waals surface area (Å²) in [5.41, 5.74) is 1.78. The van der Waals surface area contributed by atoms with Gasteiger partial charge in [0.2, 0.25) is 0 Å². The molecule has 7 heteroatoms. The molecule has 2 aromatic carbocycles. The lowest BCUT2D eigenvalue weighted by atomic mass is 10.2. The average Bonchev–Trinajstić information content (AvgIpc) is 3.21. The first kappa shape index (κ1) is 21.6. The van der Waals surface area contributed by atoms with Gasteiger partial charge in [-0.15, -0.1) is 0 Å². The number of carbonyl (C=O) groups is 1. The first-order chi connectivity index (χ1) is 14.5. The van der Waals surface area contributed by atoms with Crippen molar-refractivity contribution in [3.8, 4) is 11.5 Å². The molecule has 1 heterocycles. The van der Waals surface area contributed by atoms with Crippen LogP contribution >= 0.6 is 0 Å². The molecule has 1 aromatic heterocycles. The van der Waals surface area contributed by atoms with Crippen LogP contribution in [0.2, 0.25) is 0 Å². The third kappa shape index (κ3) is 5.10. The van der Waals surface area contributed by atoms with Crippen molar-refractivity contribution < 1.29 is 18.7 Å². The Labute approximate surface area is 176 Å². The maximum Gasteiger partial charge on any atom is 0.267 e. The fourth-order valence-electron chi connectivity index (χ4n) is 3.28. The smallest absolute Gasteiger partial charge is 0.267 e. The number of aromatic nitrogens is 1. The Morgan fingerprint density at radius 3 is 2.63 bits per heavy atom. The highest BCUT2D eigenvalue weighted by Gasteiger charge is 2.12. The number of methoxy groups -OCH3 is 1. The summed E-state index contributed by atoms with van der Waals surface area (Å²) >= 11 is 0. The van der Waals surface area contributed by atoms with E-state index in [-0.39, 0.29) is 11.7 Å². The van der Waals surface area contributed by atoms with Gasteiger partial charge in [-0.05, 0) is 49.0 Å². The molecule has 1 amide bonds. The molecule has 30 heavy (non-hydrogen) atoms. The number of halogens is 1. The number of benzene rings is 2. The first-order valence-electron chi connectivity index (χ1n) is 10.1. The van der Waals surface area contributed by atoms with Crippen molar-refractivity contribution in [1.82, 2.24) is 15.2 Å². The van der Waals surface area contributed by atoms with Gasteiger partial charge in [0.25, 0.3) is 5.91 Å². The Morgan fingerprint density at radius 2 is 1.93 bits per heavy atom. The van der Waals surface area contributed by atoms with Crippen molar-refractivity contribution in [2.24, 2.45) is 0 Å². The van der Waals surface area contributed by atoms with Crippen LogP contribution in [0.15, 0.2) is 42.5 Å². The largest absolute Gasteiger partial charge is 0.493 e. The summed E-state index contributed by atoms with van der Waals surface area (Å²) in [5.74, 6) is 0.632. The summed E-state index contributed by atoms with van der Waals surface area (Å²) in [5, 5.41) is 3.24. The van der Waals surface area contributed by atoms with Gasteiger partial charge < -0.3 is 24.7 Å². The maximum atomic E-state index is 13.8. The van der Waals surface area contributed by atoms with Crippen LogP contribution in [0.3, 0.4) is 0 Å². The first-order valence-corrected chi connectivity index (χ1v) is 10.1. The van der Waals surface area contributed by atoms with Crippen molar-refractivity contribution in [2.45, 2.75) is 20.4 Å². The van der Waals surface area contributed by atoms with E-state index < -0.39 is 0 Å². The number of amides is 1. The molecular formula is C23H28FN3O3. The van der Waals surface area contributed by atoms with Crippen molar-refractivity contribution in [1.29, 1.82) is 0 Å². The standard InChI is InChI=1S/C23H28FN3O3/c1-4-27(5-2)11-12-30-21-10-9-16(13-22(21)29-3)15-25-23(28)20-14-17-18(24)7-6-8-19(17)26-20/h6-10,13-14,26H,4-5,11-12,15H2,1-3H3,(H,25,28). The van der Waals surface area contributed by atoms with E-state index in [0.29, 0.717) is 41.2 Å². The summed E-state index contributed by atoms with van der Waals surface area (Å²) in [6, 6.07) is 11.8. The van der Waals surface area contributed by atoms with Crippen LogP contribution in [-0.4, -0.2) is 49.1 Å². The molecule has 0 unspecified atom stereocenters. The van der Waals surface area contributed by atoms with E-state index in [1.54, 1.807) is 19.2 Å². The normalized spacial score (nSPS) is 11.1. The highest BCUT2D eigenvalue weighted by atomic mass is 19.1. The van der Waals surface area contributed by atoms with Crippen LogP contribution in [0, 0.1) is 5.82 Å². The second-order valence-electron chi connectivity index (χ2n) is 6.93. The third-order valence-corrected chi connectivity index (χ3v) is 5.10. The minimum atomic E-state index is -0.357. The summed E-state index contributed by atoms with van der Waals surface area (Å²) in [6.07, 6.45) is 0. The summed E-state index contributed by atoms with van der Waals surface area (Å²) < 4.78 is 25.1. The number of rotatable bonds is 10. The molecule has 0 bridgehead atoms. The van der Waals surface area contributed by atoms with Crippen LogP contribution in [0.1, 0.15) is 29.9 Å². The number of nitrogens with zero attached hydrogens (tertiary/aromatic N) is 1. The summed E-state index contributed by atoms with van der Waals surface area (Å²) in [4.78, 5) is 17.7. The van der Waals surface area contributed by atoms with Gasteiger partial charge in [-0.1, -0.05) is 26.0 Å². The summed E-state index contributed by atoms with van der Waals surface area (Å²) in [7, 11) is 1.59. The molecule has 0 aliphatic heterocycles. The number of hydrogen-bond donors (Lipinski definition) is 2. The Kier molecular flexibility index (Phi) is 7.30. The topological polar surface area (TPSA) is 66.6 Å². The van der Waals surface area contributed by atoms with Crippen LogP contribution in [0.5, 0.6) is 11.5 Å². The molecule has 0 aliphatic rings. The van der Waals surface area contributed by atoms with E-state index >= 15 is 0 Å². The van der Waals surface area contributed by atoms with Crippen LogP contribution < -0.4 is 14.8 Å². The third-order valence-electron chi connectivity index (χ3n) is 5.10. The molecular weight excluding hydrogens is 385 g/mol. The minimum Gasteiger partial charge on any atom is -0.493 e.